The van der Waals surface area contributed by atoms with Crippen molar-refractivity contribution in [3.8, 4) is 5.75 Å². The van der Waals surface area contributed by atoms with Gasteiger partial charge in [-0.15, -0.1) is 0 Å². The van der Waals surface area contributed by atoms with E-state index in [2.05, 4.69) is 20.3 Å². The average Bonchev–Trinajstić information content (AvgIpc) is 3.40. The van der Waals surface area contributed by atoms with Crippen LogP contribution in [0.3, 0.4) is 0 Å². The molecular weight excluding hydrogens is 518 g/mol. The Morgan fingerprint density at radius 1 is 1.10 bits per heavy atom. The maximum Gasteiger partial charge on any atom is 0.244 e. The van der Waals surface area contributed by atoms with E-state index in [0.29, 0.717) is 47.2 Å². The van der Waals surface area contributed by atoms with Crippen LogP contribution in [0.2, 0.25) is 0 Å². The molecule has 0 amide bonds. The van der Waals surface area contributed by atoms with Crippen LogP contribution in [0.5, 0.6) is 5.75 Å². The first-order chi connectivity index (χ1) is 19.0. The summed E-state index contributed by atoms with van der Waals surface area (Å²) in [6.07, 6.45) is 11.5. The number of rotatable bonds is 11. The van der Waals surface area contributed by atoms with Gasteiger partial charge in [-0.1, -0.05) is 36.4 Å². The van der Waals surface area contributed by atoms with Crippen molar-refractivity contribution < 1.29 is 22.6 Å². The van der Waals surface area contributed by atoms with Gasteiger partial charge in [-0.05, 0) is 48.6 Å². The molecule has 11 heteroatoms. The summed E-state index contributed by atoms with van der Waals surface area (Å²) >= 11 is 0. The number of benzene rings is 1. The minimum atomic E-state index is -3.70. The van der Waals surface area contributed by atoms with Gasteiger partial charge in [-0.3, -0.25) is 4.98 Å². The van der Waals surface area contributed by atoms with Crippen molar-refractivity contribution in [2.45, 2.75) is 31.3 Å². The molecule has 3 aromatic heterocycles. The summed E-state index contributed by atoms with van der Waals surface area (Å²) < 4.78 is 44.8. The molecule has 10 nitrogen and oxygen atoms in total. The monoisotopic (exact) mass is 549 g/mol. The fourth-order valence-corrected chi connectivity index (χ4v) is 5.70. The lowest BCUT2D eigenvalue weighted by Crippen LogP contribution is -2.24. The first-order valence-corrected chi connectivity index (χ1v) is 14.5. The fraction of sp³-hybridized carbons (Fsp3) is 0.321. The highest BCUT2D eigenvalue weighted by Gasteiger charge is 2.20. The maximum atomic E-state index is 13.2. The number of ether oxygens (including phenoxy) is 3. The van der Waals surface area contributed by atoms with Gasteiger partial charge in [0.05, 0.1) is 24.3 Å². The van der Waals surface area contributed by atoms with E-state index in [-0.39, 0.29) is 12.0 Å². The zero-order valence-corrected chi connectivity index (χ0v) is 22.5. The van der Waals surface area contributed by atoms with Gasteiger partial charge in [0, 0.05) is 31.4 Å². The van der Waals surface area contributed by atoms with Crippen molar-refractivity contribution in [1.82, 2.24) is 18.9 Å². The van der Waals surface area contributed by atoms with E-state index in [9.17, 15) is 8.42 Å². The van der Waals surface area contributed by atoms with Crippen LogP contribution in [0.1, 0.15) is 36.1 Å². The standard InChI is InChI=1S/C28H31N5O5S/c1-29-28-31-25(24-12-13-33(27(24)32-28)39(34,35)20-21-7-3-2-4-8-21)11-10-22-17-23(19-30-18-22)36-15-16-38-26-9-5-6-14-37-26/h2-4,7-8,10-13,17-19,26H,5-6,9,14-16,20H2,1H3,(H,29,31,32). The molecule has 4 heterocycles. The van der Waals surface area contributed by atoms with Gasteiger partial charge in [0.25, 0.3) is 0 Å². The Kier molecular flexibility index (Phi) is 8.50. The zero-order valence-electron chi connectivity index (χ0n) is 21.7. The quantitative estimate of drug-likeness (QED) is 0.273. The van der Waals surface area contributed by atoms with Gasteiger partial charge < -0.3 is 19.5 Å². The molecule has 5 rings (SSSR count). The van der Waals surface area contributed by atoms with Crippen LogP contribution < -0.4 is 10.1 Å². The number of nitrogens with zero attached hydrogens (tertiary/aromatic N) is 4. The van der Waals surface area contributed by atoms with E-state index in [4.69, 9.17) is 14.2 Å². The molecule has 1 aromatic carbocycles. The third-order valence-corrected chi connectivity index (χ3v) is 7.81. The smallest absolute Gasteiger partial charge is 0.244 e. The summed E-state index contributed by atoms with van der Waals surface area (Å²) in [6, 6.07) is 12.6. The molecule has 0 radical (unpaired) electrons. The lowest BCUT2D eigenvalue weighted by atomic mass is 10.2. The molecular formula is C28H31N5O5S. The third-order valence-electron chi connectivity index (χ3n) is 6.22. The molecule has 204 valence electrons. The van der Waals surface area contributed by atoms with E-state index in [1.807, 2.05) is 36.4 Å². The summed E-state index contributed by atoms with van der Waals surface area (Å²) in [5.41, 5.74) is 2.39. The number of anilines is 1. The van der Waals surface area contributed by atoms with Crippen LogP contribution in [0, 0.1) is 0 Å². The predicted molar refractivity (Wildman–Crippen MR) is 150 cm³/mol. The summed E-state index contributed by atoms with van der Waals surface area (Å²) in [6.45, 7) is 1.56. The highest BCUT2D eigenvalue weighted by molar-refractivity contribution is 7.89. The second-order valence-electron chi connectivity index (χ2n) is 9.08. The Balaban J connectivity index is 1.31. The molecule has 1 N–H and O–H groups in total. The normalized spacial score (nSPS) is 16.1. The first kappa shape index (κ1) is 26.8. The Bertz CT molecular complexity index is 1530. The Morgan fingerprint density at radius 2 is 1.97 bits per heavy atom. The lowest BCUT2D eigenvalue weighted by molar-refractivity contribution is -0.165. The molecule has 0 spiro atoms. The van der Waals surface area contributed by atoms with Crippen molar-refractivity contribution in [2.24, 2.45) is 0 Å². The topological polar surface area (TPSA) is 117 Å². The molecule has 1 saturated heterocycles. The Hall–Kier alpha value is -3.80. The number of pyridine rings is 1. The largest absolute Gasteiger partial charge is 0.490 e. The summed E-state index contributed by atoms with van der Waals surface area (Å²) in [7, 11) is -2.01. The van der Waals surface area contributed by atoms with Crippen LogP contribution in [0.4, 0.5) is 5.95 Å². The number of aromatic nitrogens is 4. The minimum Gasteiger partial charge on any atom is -0.490 e. The first-order valence-electron chi connectivity index (χ1n) is 12.8. The predicted octanol–water partition coefficient (Wildman–Crippen LogP) is 4.34. The maximum absolute atomic E-state index is 13.2. The molecule has 1 aliphatic heterocycles. The number of nitrogens with one attached hydrogen (secondary N) is 1. The van der Waals surface area contributed by atoms with E-state index in [1.54, 1.807) is 37.6 Å². The van der Waals surface area contributed by atoms with Crippen molar-refractivity contribution >= 4 is 39.2 Å². The Morgan fingerprint density at radius 3 is 2.77 bits per heavy atom. The number of fused-ring (bicyclic) bond motifs is 1. The van der Waals surface area contributed by atoms with Crippen LogP contribution in [0.25, 0.3) is 23.2 Å². The van der Waals surface area contributed by atoms with Gasteiger partial charge >= 0.3 is 0 Å². The lowest BCUT2D eigenvalue weighted by Gasteiger charge is -2.22. The summed E-state index contributed by atoms with van der Waals surface area (Å²) in [5.74, 6) is 0.792. The highest BCUT2D eigenvalue weighted by Crippen LogP contribution is 2.24. The van der Waals surface area contributed by atoms with E-state index >= 15 is 0 Å². The molecule has 4 aromatic rings. The molecule has 0 bridgehead atoms. The van der Waals surface area contributed by atoms with E-state index in [0.717, 1.165) is 31.4 Å². The number of hydrogen-bond donors (Lipinski definition) is 1. The third kappa shape index (κ3) is 6.80. The second kappa shape index (κ2) is 12.4. The molecule has 0 aliphatic carbocycles. The van der Waals surface area contributed by atoms with Crippen LogP contribution in [-0.4, -0.2) is 60.5 Å². The molecule has 1 fully saturated rings. The highest BCUT2D eigenvalue weighted by atomic mass is 32.2. The van der Waals surface area contributed by atoms with E-state index < -0.39 is 10.0 Å². The Labute approximate surface area is 227 Å². The summed E-state index contributed by atoms with van der Waals surface area (Å²) in [4.78, 5) is 13.3. The van der Waals surface area contributed by atoms with Crippen molar-refractivity contribution in [3.05, 3.63) is 77.9 Å². The van der Waals surface area contributed by atoms with Crippen molar-refractivity contribution in [3.63, 3.8) is 0 Å². The second-order valence-corrected chi connectivity index (χ2v) is 10.9. The van der Waals surface area contributed by atoms with Crippen molar-refractivity contribution in [1.29, 1.82) is 0 Å². The van der Waals surface area contributed by atoms with Gasteiger partial charge in [-0.2, -0.15) is 4.98 Å². The van der Waals surface area contributed by atoms with Crippen molar-refractivity contribution in [2.75, 3.05) is 32.2 Å². The minimum absolute atomic E-state index is 0.140. The SMILES string of the molecule is CNc1nc(C=Cc2cncc(OCCOC3CCCCO3)c2)c2ccn(S(=O)(=O)Cc3ccccc3)c2n1. The van der Waals surface area contributed by atoms with Gasteiger partial charge in [-0.25, -0.2) is 17.4 Å². The van der Waals surface area contributed by atoms with Gasteiger partial charge in [0.1, 0.15) is 12.4 Å². The fourth-order valence-electron chi connectivity index (χ4n) is 4.30. The van der Waals surface area contributed by atoms with Crippen LogP contribution in [-0.2, 0) is 25.2 Å². The molecule has 0 saturated carbocycles. The molecule has 1 aliphatic rings. The number of hydrogen-bond acceptors (Lipinski definition) is 9. The molecule has 1 unspecified atom stereocenters. The van der Waals surface area contributed by atoms with Gasteiger partial charge in [0.15, 0.2) is 11.9 Å². The van der Waals surface area contributed by atoms with Gasteiger partial charge in [0.2, 0.25) is 16.0 Å². The van der Waals surface area contributed by atoms with E-state index in [1.165, 1.54) is 10.2 Å². The molecule has 1 atom stereocenters. The zero-order chi connectivity index (χ0) is 27.1. The average molecular weight is 550 g/mol. The van der Waals surface area contributed by atoms with Crippen LogP contribution in [0.15, 0.2) is 61.1 Å². The molecule has 39 heavy (non-hydrogen) atoms. The summed E-state index contributed by atoms with van der Waals surface area (Å²) in [5, 5.41) is 3.53. The van der Waals surface area contributed by atoms with Crippen LogP contribution >= 0.6 is 0 Å².